The Hall–Kier alpha value is -5.16. The molecule has 2 aromatic heterocycles. The number of aromatic nitrogens is 3. The number of nitrogens with one attached hydrogen (secondary N) is 3. The molecular formula is C31H28N6O5S. The first-order chi connectivity index (χ1) is 20.8. The lowest BCUT2D eigenvalue weighted by molar-refractivity contribution is -0.144. The molecule has 0 amide bonds. The zero-order valence-corrected chi connectivity index (χ0v) is 23.7. The van der Waals surface area contributed by atoms with Crippen molar-refractivity contribution in [1.29, 1.82) is 0 Å². The Kier molecular flexibility index (Phi) is 8.72. The van der Waals surface area contributed by atoms with Gasteiger partial charge >= 0.3 is 5.97 Å². The van der Waals surface area contributed by atoms with Gasteiger partial charge in [0.05, 0.1) is 16.6 Å². The lowest BCUT2D eigenvalue weighted by Gasteiger charge is -2.33. The zero-order chi connectivity index (χ0) is 30.3. The third-order valence-electron chi connectivity index (χ3n) is 7.12. The Labute approximate surface area is 247 Å². The Balaban J connectivity index is 1.50. The van der Waals surface area contributed by atoms with Crippen LogP contribution in [-0.4, -0.2) is 53.0 Å². The molecule has 0 aliphatic carbocycles. The molecule has 0 spiro atoms. The van der Waals surface area contributed by atoms with E-state index < -0.39 is 27.6 Å². The number of hydrogen-bond acceptors (Lipinski definition) is 8. The third kappa shape index (κ3) is 6.52. The highest BCUT2D eigenvalue weighted by Crippen LogP contribution is 2.37. The number of hydrogen-bond donors (Lipinski definition) is 4. The number of carbonyl (C=O) groups is 1. The van der Waals surface area contributed by atoms with Crippen molar-refractivity contribution in [2.45, 2.75) is 29.3 Å². The van der Waals surface area contributed by atoms with E-state index in [-0.39, 0.29) is 11.3 Å². The molecule has 0 fully saturated rings. The third-order valence-corrected chi connectivity index (χ3v) is 8.59. The topological polar surface area (TPSA) is 166 Å². The van der Waals surface area contributed by atoms with Gasteiger partial charge in [-0.2, -0.15) is 14.8 Å². The van der Waals surface area contributed by atoms with Crippen molar-refractivity contribution in [1.82, 2.24) is 19.9 Å². The van der Waals surface area contributed by atoms with Crippen LogP contribution in [0.25, 0.3) is 22.0 Å². The number of aliphatic carboxylic acids is 1. The second-order valence-electron chi connectivity index (χ2n) is 9.82. The number of carboxylic acid groups (broad SMARTS) is 1. The normalized spacial score (nSPS) is 13.5. The minimum Gasteiger partial charge on any atom is -0.478 e. The highest BCUT2D eigenvalue weighted by Gasteiger charge is 2.50. The van der Waals surface area contributed by atoms with E-state index in [1.54, 1.807) is 54.9 Å². The number of carbonyl (C=O) groups excluding carboxylic acids is 1. The summed E-state index contributed by atoms with van der Waals surface area (Å²) in [6.07, 6.45) is 5.05. The van der Waals surface area contributed by atoms with Gasteiger partial charge in [-0.3, -0.25) is 5.10 Å². The van der Waals surface area contributed by atoms with Crippen LogP contribution in [0.5, 0.6) is 0 Å². The number of H-pyrrole nitrogens is 1. The molecule has 3 aromatic carbocycles. The highest BCUT2D eigenvalue weighted by atomic mass is 32.2. The van der Waals surface area contributed by atoms with E-state index in [9.17, 15) is 23.1 Å². The average molecular weight is 597 g/mol. The predicted octanol–water partition coefficient (Wildman–Crippen LogP) is 4.70. The van der Waals surface area contributed by atoms with Crippen LogP contribution in [0.2, 0.25) is 0 Å². The molecule has 0 saturated heterocycles. The van der Waals surface area contributed by atoms with Gasteiger partial charge < -0.3 is 10.4 Å². The number of aliphatic imine (C=N–C) groups is 1. The molecule has 5 aromatic rings. The monoisotopic (exact) mass is 596 g/mol. The van der Waals surface area contributed by atoms with Crippen LogP contribution >= 0.6 is 0 Å². The van der Waals surface area contributed by atoms with Crippen molar-refractivity contribution in [3.05, 3.63) is 109 Å². The molecule has 0 aliphatic rings. The maximum Gasteiger partial charge on any atom is 0.349 e. The Morgan fingerprint density at radius 3 is 2.44 bits per heavy atom. The molecule has 0 bridgehead atoms. The first-order valence-electron chi connectivity index (χ1n) is 13.4. The van der Waals surface area contributed by atoms with Crippen LogP contribution in [0.1, 0.15) is 24.3 Å². The molecular weight excluding hydrogens is 568 g/mol. The van der Waals surface area contributed by atoms with Crippen LogP contribution in [0.3, 0.4) is 0 Å². The summed E-state index contributed by atoms with van der Waals surface area (Å²) >= 11 is 0. The molecule has 5 rings (SSSR count). The summed E-state index contributed by atoms with van der Waals surface area (Å²) in [7, 11) is -4.49. The van der Waals surface area contributed by atoms with Gasteiger partial charge in [-0.05, 0) is 65.9 Å². The van der Waals surface area contributed by atoms with E-state index in [1.807, 2.05) is 36.4 Å². The number of nitrogens with zero attached hydrogens (tertiary/aromatic N) is 3. The van der Waals surface area contributed by atoms with E-state index in [4.69, 9.17) is 0 Å². The van der Waals surface area contributed by atoms with Crippen molar-refractivity contribution in [2.24, 2.45) is 4.99 Å². The maximum atomic E-state index is 13.7. The van der Waals surface area contributed by atoms with Crippen molar-refractivity contribution < 1.29 is 23.1 Å². The number of benzene rings is 3. The summed E-state index contributed by atoms with van der Waals surface area (Å²) in [6, 6.07) is 25.9. The van der Waals surface area contributed by atoms with Gasteiger partial charge in [0.25, 0.3) is 0 Å². The fourth-order valence-corrected chi connectivity index (χ4v) is 6.29. The molecule has 4 N–H and O–H groups in total. The standard InChI is InChI=1S/C31H28N6O5S/c38-21-34-31(30(39)40,37-43(41,42)26-14-11-23(12-15-26)22-7-2-1-3-8-22)27(9-6-18-33-29-10-4-5-17-32-29)24-13-16-28-25(19-24)20-35-36-28/h1-5,7-8,10-17,19-20,27,37H,6,9,18H2,(H,32,33)(H,35,36)(H,39,40)/t27?,31-/m0/s1. The molecule has 11 nitrogen and oxygen atoms in total. The summed E-state index contributed by atoms with van der Waals surface area (Å²) in [4.78, 5) is 32.4. The fourth-order valence-electron chi connectivity index (χ4n) is 4.99. The van der Waals surface area contributed by atoms with Crippen LogP contribution < -0.4 is 10.0 Å². The second-order valence-corrected chi connectivity index (χ2v) is 11.5. The molecule has 0 radical (unpaired) electrons. The van der Waals surface area contributed by atoms with Gasteiger partial charge in [-0.15, -0.1) is 0 Å². The molecule has 0 saturated carbocycles. The van der Waals surface area contributed by atoms with Gasteiger partial charge in [0.2, 0.25) is 21.8 Å². The Morgan fingerprint density at radius 1 is 1.00 bits per heavy atom. The molecule has 2 atom stereocenters. The predicted molar refractivity (Wildman–Crippen MR) is 161 cm³/mol. The number of rotatable bonds is 13. The zero-order valence-electron chi connectivity index (χ0n) is 22.8. The lowest BCUT2D eigenvalue weighted by atomic mass is 9.82. The quantitative estimate of drug-likeness (QED) is 0.0862. The summed E-state index contributed by atoms with van der Waals surface area (Å²) in [5.41, 5.74) is 0.232. The first kappa shape index (κ1) is 29.3. The number of pyridine rings is 1. The summed E-state index contributed by atoms with van der Waals surface area (Å²) in [5, 5.41) is 21.3. The van der Waals surface area contributed by atoms with Crippen molar-refractivity contribution >= 4 is 38.8 Å². The largest absolute Gasteiger partial charge is 0.478 e. The molecule has 12 heteroatoms. The van der Waals surface area contributed by atoms with Gasteiger partial charge in [-0.25, -0.2) is 23.0 Å². The second kappa shape index (κ2) is 12.8. The molecule has 43 heavy (non-hydrogen) atoms. The average Bonchev–Trinajstić information content (AvgIpc) is 3.50. The minimum atomic E-state index is -4.49. The maximum absolute atomic E-state index is 13.7. The van der Waals surface area contributed by atoms with E-state index >= 15 is 0 Å². The van der Waals surface area contributed by atoms with Gasteiger partial charge in [0.1, 0.15) is 5.82 Å². The first-order valence-corrected chi connectivity index (χ1v) is 14.9. The number of sulfonamides is 1. The smallest absolute Gasteiger partial charge is 0.349 e. The summed E-state index contributed by atoms with van der Waals surface area (Å²) < 4.78 is 29.7. The van der Waals surface area contributed by atoms with E-state index in [1.165, 1.54) is 18.2 Å². The molecule has 2 heterocycles. The molecule has 1 unspecified atom stereocenters. The van der Waals surface area contributed by atoms with E-state index in [2.05, 4.69) is 30.2 Å². The molecule has 0 aliphatic heterocycles. The summed E-state index contributed by atoms with van der Waals surface area (Å²) in [5.74, 6) is -2.11. The van der Waals surface area contributed by atoms with Gasteiger partial charge in [0.15, 0.2) is 0 Å². The Morgan fingerprint density at radius 2 is 1.74 bits per heavy atom. The van der Waals surface area contributed by atoms with Crippen molar-refractivity contribution in [3.8, 4) is 11.1 Å². The lowest BCUT2D eigenvalue weighted by Crippen LogP contribution is -2.57. The van der Waals surface area contributed by atoms with Crippen LogP contribution in [0.15, 0.2) is 113 Å². The summed E-state index contributed by atoms with van der Waals surface area (Å²) in [6.45, 7) is 0.398. The van der Waals surface area contributed by atoms with Crippen molar-refractivity contribution in [2.75, 3.05) is 11.9 Å². The van der Waals surface area contributed by atoms with Crippen LogP contribution in [-0.2, 0) is 19.6 Å². The Bertz CT molecular complexity index is 1850. The number of fused-ring (bicyclic) bond motifs is 1. The molecule has 218 valence electrons. The number of carboxylic acids is 1. The van der Waals surface area contributed by atoms with E-state index in [0.717, 1.165) is 11.1 Å². The fraction of sp³-hybridized carbons (Fsp3) is 0.161. The minimum absolute atomic E-state index is 0.135. The number of isocyanates is 1. The number of aromatic amines is 1. The van der Waals surface area contributed by atoms with Gasteiger partial charge in [0, 0.05) is 24.0 Å². The van der Waals surface area contributed by atoms with Crippen LogP contribution in [0, 0.1) is 0 Å². The van der Waals surface area contributed by atoms with E-state index in [0.29, 0.717) is 35.2 Å². The van der Waals surface area contributed by atoms with Gasteiger partial charge in [-0.1, -0.05) is 54.6 Å². The van der Waals surface area contributed by atoms with Crippen molar-refractivity contribution in [3.63, 3.8) is 0 Å². The SMILES string of the molecule is O=C=N[C@@](NS(=O)(=O)c1ccc(-c2ccccc2)cc1)(C(=O)O)C(CCCNc1ccccn1)c1ccc2[nH]ncc2c1. The highest BCUT2D eigenvalue weighted by molar-refractivity contribution is 7.89. The van der Waals surface area contributed by atoms with Crippen LogP contribution in [0.4, 0.5) is 5.82 Å². The number of anilines is 1.